The first kappa shape index (κ1) is 14.3. The summed E-state index contributed by atoms with van der Waals surface area (Å²) >= 11 is 0. The van der Waals surface area contributed by atoms with Crippen LogP contribution in [0.2, 0.25) is 0 Å². The van der Waals surface area contributed by atoms with E-state index in [2.05, 4.69) is 4.90 Å². The van der Waals surface area contributed by atoms with Crippen LogP contribution in [0.4, 0.5) is 0 Å². The zero-order valence-corrected chi connectivity index (χ0v) is 11.1. The summed E-state index contributed by atoms with van der Waals surface area (Å²) in [6, 6.07) is 4.09. The molecule has 0 unspecified atom stereocenters. The lowest BCUT2D eigenvalue weighted by Crippen LogP contribution is -2.29. The van der Waals surface area contributed by atoms with Gasteiger partial charge in [-0.2, -0.15) is 0 Å². The topological polar surface area (TPSA) is 64.0 Å². The van der Waals surface area contributed by atoms with Crippen LogP contribution < -0.4 is 0 Å². The van der Waals surface area contributed by atoms with Crippen LogP contribution in [-0.4, -0.2) is 60.2 Å². The smallest absolute Gasteiger partial charge is 0.253 e. The third kappa shape index (κ3) is 3.92. The normalized spacial score (nSPS) is 10.7. The van der Waals surface area contributed by atoms with Crippen molar-refractivity contribution in [1.29, 1.82) is 0 Å². The Kier molecular flexibility index (Phi) is 4.97. The fourth-order valence-electron chi connectivity index (χ4n) is 1.60. The van der Waals surface area contributed by atoms with Crippen LogP contribution in [0, 0.1) is 0 Å². The molecular weight excluding hydrogens is 232 g/mol. The number of carbonyl (C=O) groups excluding carboxylic acids is 1. The van der Waals surface area contributed by atoms with E-state index in [9.17, 15) is 15.0 Å². The second-order valence-electron chi connectivity index (χ2n) is 4.59. The molecule has 0 atom stereocenters. The number of hydrogen-bond donors (Lipinski definition) is 2. The molecule has 0 aliphatic carbocycles. The van der Waals surface area contributed by atoms with Crippen LogP contribution in [0.15, 0.2) is 18.2 Å². The van der Waals surface area contributed by atoms with Gasteiger partial charge >= 0.3 is 0 Å². The van der Waals surface area contributed by atoms with Gasteiger partial charge in [0.25, 0.3) is 5.91 Å². The summed E-state index contributed by atoms with van der Waals surface area (Å²) in [7, 11) is 5.70. The summed E-state index contributed by atoms with van der Waals surface area (Å²) in [5.41, 5.74) is 0.373. The van der Waals surface area contributed by atoms with E-state index in [1.807, 2.05) is 14.1 Å². The molecule has 0 bridgehead atoms. The van der Waals surface area contributed by atoms with E-state index in [0.29, 0.717) is 12.1 Å². The van der Waals surface area contributed by atoms with Crippen molar-refractivity contribution < 1.29 is 15.0 Å². The van der Waals surface area contributed by atoms with Gasteiger partial charge in [0.15, 0.2) is 11.5 Å². The molecule has 0 radical (unpaired) electrons. The zero-order valence-electron chi connectivity index (χ0n) is 11.1. The van der Waals surface area contributed by atoms with Gasteiger partial charge in [0.1, 0.15) is 0 Å². The molecule has 0 aliphatic heterocycles. The lowest BCUT2D eigenvalue weighted by molar-refractivity contribution is 0.0790. The van der Waals surface area contributed by atoms with Crippen molar-refractivity contribution in [2.45, 2.75) is 6.42 Å². The summed E-state index contributed by atoms with van der Waals surface area (Å²) in [6.07, 6.45) is 0.888. The Labute approximate surface area is 107 Å². The number of phenolic OH excluding ortho intramolecular Hbond substituents is 2. The number of aromatic hydroxyl groups is 2. The Balaban J connectivity index is 2.60. The van der Waals surface area contributed by atoms with Crippen molar-refractivity contribution in [2.75, 3.05) is 34.2 Å². The molecule has 1 rings (SSSR count). The van der Waals surface area contributed by atoms with Crippen molar-refractivity contribution in [3.8, 4) is 11.5 Å². The van der Waals surface area contributed by atoms with Gasteiger partial charge in [0.05, 0.1) is 0 Å². The Hall–Kier alpha value is -1.75. The monoisotopic (exact) mass is 252 g/mol. The van der Waals surface area contributed by atoms with Crippen molar-refractivity contribution in [1.82, 2.24) is 9.80 Å². The molecule has 100 valence electrons. The standard InChI is InChI=1S/C13H20N2O3/c1-14(2)7-4-8-15(3)13(18)10-5-6-11(16)12(17)9-10/h5-6,9,16-17H,4,7-8H2,1-3H3. The zero-order chi connectivity index (χ0) is 13.7. The number of hydrogen-bond acceptors (Lipinski definition) is 4. The molecule has 0 aromatic heterocycles. The van der Waals surface area contributed by atoms with Gasteiger partial charge in [-0.1, -0.05) is 0 Å². The molecule has 0 heterocycles. The van der Waals surface area contributed by atoms with Crippen molar-refractivity contribution in [3.05, 3.63) is 23.8 Å². The number of rotatable bonds is 5. The van der Waals surface area contributed by atoms with E-state index in [-0.39, 0.29) is 17.4 Å². The van der Waals surface area contributed by atoms with E-state index >= 15 is 0 Å². The third-order valence-electron chi connectivity index (χ3n) is 2.67. The van der Waals surface area contributed by atoms with E-state index in [4.69, 9.17) is 0 Å². The molecule has 0 fully saturated rings. The summed E-state index contributed by atoms with van der Waals surface area (Å²) in [4.78, 5) is 15.7. The molecule has 0 saturated carbocycles. The Bertz CT molecular complexity index is 419. The first-order valence-corrected chi connectivity index (χ1v) is 5.84. The van der Waals surface area contributed by atoms with E-state index in [1.54, 1.807) is 11.9 Å². The molecule has 0 aliphatic rings. The summed E-state index contributed by atoms with van der Waals surface area (Å²) in [5.74, 6) is -0.659. The fourth-order valence-corrected chi connectivity index (χ4v) is 1.60. The van der Waals surface area contributed by atoms with Gasteiger partial charge in [-0.05, 0) is 45.3 Å². The number of benzene rings is 1. The van der Waals surface area contributed by atoms with Crippen molar-refractivity contribution in [3.63, 3.8) is 0 Å². The summed E-state index contributed by atoms with van der Waals surface area (Å²) in [6.45, 7) is 1.57. The highest BCUT2D eigenvalue weighted by molar-refractivity contribution is 5.94. The average molecular weight is 252 g/mol. The number of phenols is 2. The molecule has 1 amide bonds. The minimum atomic E-state index is -0.275. The molecule has 0 saturated heterocycles. The fraction of sp³-hybridized carbons (Fsp3) is 0.462. The Morgan fingerprint density at radius 2 is 1.78 bits per heavy atom. The first-order chi connectivity index (χ1) is 8.41. The van der Waals surface area contributed by atoms with E-state index in [0.717, 1.165) is 13.0 Å². The van der Waals surface area contributed by atoms with Crippen LogP contribution in [0.5, 0.6) is 11.5 Å². The molecule has 1 aromatic carbocycles. The van der Waals surface area contributed by atoms with Gasteiger partial charge in [-0.25, -0.2) is 0 Å². The lowest BCUT2D eigenvalue weighted by atomic mass is 10.1. The van der Waals surface area contributed by atoms with Gasteiger partial charge < -0.3 is 20.0 Å². The lowest BCUT2D eigenvalue weighted by Gasteiger charge is -2.18. The molecule has 18 heavy (non-hydrogen) atoms. The van der Waals surface area contributed by atoms with Gasteiger partial charge in [0.2, 0.25) is 0 Å². The first-order valence-electron chi connectivity index (χ1n) is 5.84. The maximum atomic E-state index is 12.0. The van der Waals surface area contributed by atoms with Gasteiger partial charge in [-0.3, -0.25) is 4.79 Å². The molecule has 0 spiro atoms. The maximum Gasteiger partial charge on any atom is 0.253 e. The average Bonchev–Trinajstić information content (AvgIpc) is 2.31. The quantitative estimate of drug-likeness (QED) is 0.771. The Morgan fingerprint density at radius 1 is 1.11 bits per heavy atom. The maximum absolute atomic E-state index is 12.0. The highest BCUT2D eigenvalue weighted by atomic mass is 16.3. The van der Waals surface area contributed by atoms with Crippen LogP contribution in [-0.2, 0) is 0 Å². The van der Waals surface area contributed by atoms with Crippen LogP contribution in [0.1, 0.15) is 16.8 Å². The van der Waals surface area contributed by atoms with Crippen LogP contribution in [0.3, 0.4) is 0 Å². The second-order valence-corrected chi connectivity index (χ2v) is 4.59. The van der Waals surface area contributed by atoms with E-state index < -0.39 is 0 Å². The largest absolute Gasteiger partial charge is 0.504 e. The highest BCUT2D eigenvalue weighted by Crippen LogP contribution is 2.25. The highest BCUT2D eigenvalue weighted by Gasteiger charge is 2.13. The molecular formula is C13H20N2O3. The predicted molar refractivity (Wildman–Crippen MR) is 69.9 cm³/mol. The second kappa shape index (κ2) is 6.26. The SMILES string of the molecule is CN(C)CCCN(C)C(=O)c1ccc(O)c(O)c1. The minimum absolute atomic E-state index is 0.163. The minimum Gasteiger partial charge on any atom is -0.504 e. The molecule has 1 aromatic rings. The molecule has 2 N–H and O–H groups in total. The van der Waals surface area contributed by atoms with Crippen LogP contribution >= 0.6 is 0 Å². The number of carbonyl (C=O) groups is 1. The molecule has 5 nitrogen and oxygen atoms in total. The van der Waals surface area contributed by atoms with Crippen molar-refractivity contribution in [2.24, 2.45) is 0 Å². The third-order valence-corrected chi connectivity index (χ3v) is 2.67. The summed E-state index contributed by atoms with van der Waals surface area (Å²) < 4.78 is 0. The summed E-state index contributed by atoms with van der Waals surface area (Å²) in [5, 5.41) is 18.5. The molecule has 5 heteroatoms. The van der Waals surface area contributed by atoms with Gasteiger partial charge in [0, 0.05) is 19.2 Å². The van der Waals surface area contributed by atoms with Gasteiger partial charge in [-0.15, -0.1) is 0 Å². The predicted octanol–water partition coefficient (Wildman–Crippen LogP) is 1.12. The van der Waals surface area contributed by atoms with E-state index in [1.165, 1.54) is 18.2 Å². The number of amides is 1. The van der Waals surface area contributed by atoms with Crippen molar-refractivity contribution >= 4 is 5.91 Å². The number of nitrogens with zero attached hydrogens (tertiary/aromatic N) is 2. The Morgan fingerprint density at radius 3 is 2.33 bits per heavy atom. The van der Waals surface area contributed by atoms with Crippen LogP contribution in [0.25, 0.3) is 0 Å².